The van der Waals surface area contributed by atoms with Crippen LogP contribution in [0.2, 0.25) is 0 Å². The predicted octanol–water partition coefficient (Wildman–Crippen LogP) is 4.50. The summed E-state index contributed by atoms with van der Waals surface area (Å²) in [5.74, 6) is 0.451. The van der Waals surface area contributed by atoms with Crippen molar-refractivity contribution in [3.63, 3.8) is 0 Å². The third kappa shape index (κ3) is 6.85. The van der Waals surface area contributed by atoms with Crippen LogP contribution in [0.25, 0.3) is 0 Å². The summed E-state index contributed by atoms with van der Waals surface area (Å²) in [5, 5.41) is 3.40. The molecule has 0 aliphatic heterocycles. The molecule has 0 aromatic heterocycles. The molecule has 0 saturated carbocycles. The van der Waals surface area contributed by atoms with Crippen LogP contribution >= 0.6 is 0 Å². The lowest BCUT2D eigenvalue weighted by Crippen LogP contribution is -2.43. The first-order valence-corrected chi connectivity index (χ1v) is 6.94. The first-order valence-electron chi connectivity index (χ1n) is 6.94. The summed E-state index contributed by atoms with van der Waals surface area (Å²) in [7, 11) is 0. The van der Waals surface area contributed by atoms with E-state index in [-0.39, 0.29) is 11.0 Å². The quantitative estimate of drug-likeness (QED) is 0.865. The molecule has 0 radical (unpaired) electrons. The molecule has 0 unspecified atom stereocenters. The topological polar surface area (TPSA) is 21.3 Å². The Bertz CT molecular complexity index is 444. The number of hydrogen-bond donors (Lipinski definition) is 1. The first-order chi connectivity index (χ1) is 9.39. The van der Waals surface area contributed by atoms with Gasteiger partial charge in [-0.25, -0.2) is 0 Å². The van der Waals surface area contributed by atoms with Crippen LogP contribution in [0.15, 0.2) is 24.3 Å². The SMILES string of the molecule is CC(C)(CNC(C)(C)C)COc1ccc(C(F)(F)F)cc1. The van der Waals surface area contributed by atoms with Gasteiger partial charge in [0.05, 0.1) is 12.2 Å². The van der Waals surface area contributed by atoms with Crippen LogP contribution in [0.1, 0.15) is 40.2 Å². The molecule has 1 aromatic carbocycles. The Morgan fingerprint density at radius 3 is 1.90 bits per heavy atom. The van der Waals surface area contributed by atoms with E-state index in [1.54, 1.807) is 0 Å². The van der Waals surface area contributed by atoms with Gasteiger partial charge in [-0.15, -0.1) is 0 Å². The molecule has 0 atom stereocenters. The van der Waals surface area contributed by atoms with Crippen molar-refractivity contribution in [2.45, 2.75) is 46.3 Å². The Morgan fingerprint density at radius 2 is 1.48 bits per heavy atom. The Balaban J connectivity index is 2.54. The molecular formula is C16H24F3NO. The molecule has 0 fully saturated rings. The number of halogens is 3. The van der Waals surface area contributed by atoms with E-state index in [9.17, 15) is 13.2 Å². The summed E-state index contributed by atoms with van der Waals surface area (Å²) in [5.41, 5.74) is -0.759. The van der Waals surface area contributed by atoms with Gasteiger partial charge in [-0.2, -0.15) is 13.2 Å². The highest BCUT2D eigenvalue weighted by atomic mass is 19.4. The highest BCUT2D eigenvalue weighted by Crippen LogP contribution is 2.30. The predicted molar refractivity (Wildman–Crippen MR) is 78.5 cm³/mol. The van der Waals surface area contributed by atoms with E-state index in [4.69, 9.17) is 4.74 Å². The van der Waals surface area contributed by atoms with Crippen molar-refractivity contribution in [1.82, 2.24) is 5.32 Å². The fourth-order valence-corrected chi connectivity index (χ4v) is 1.57. The van der Waals surface area contributed by atoms with Crippen molar-refractivity contribution < 1.29 is 17.9 Å². The third-order valence-corrected chi connectivity index (χ3v) is 2.91. The lowest BCUT2D eigenvalue weighted by molar-refractivity contribution is -0.137. The summed E-state index contributed by atoms with van der Waals surface area (Å²) < 4.78 is 43.0. The lowest BCUT2D eigenvalue weighted by atomic mass is 9.93. The molecule has 1 aromatic rings. The van der Waals surface area contributed by atoms with E-state index >= 15 is 0 Å². The van der Waals surface area contributed by atoms with E-state index in [1.165, 1.54) is 12.1 Å². The maximum absolute atomic E-state index is 12.5. The fraction of sp³-hybridized carbons (Fsp3) is 0.625. The van der Waals surface area contributed by atoms with Crippen LogP contribution in [0.4, 0.5) is 13.2 Å². The Labute approximate surface area is 124 Å². The average molecular weight is 303 g/mol. The minimum Gasteiger partial charge on any atom is -0.493 e. The lowest BCUT2D eigenvalue weighted by Gasteiger charge is -2.30. The molecular weight excluding hydrogens is 279 g/mol. The van der Waals surface area contributed by atoms with E-state index in [0.29, 0.717) is 12.4 Å². The summed E-state index contributed by atoms with van der Waals surface area (Å²) in [6, 6.07) is 4.79. The molecule has 0 aliphatic rings. The van der Waals surface area contributed by atoms with Gasteiger partial charge in [-0.3, -0.25) is 0 Å². The number of ether oxygens (including phenoxy) is 1. The maximum Gasteiger partial charge on any atom is 0.416 e. The largest absolute Gasteiger partial charge is 0.493 e. The van der Waals surface area contributed by atoms with E-state index in [1.807, 2.05) is 0 Å². The fourth-order valence-electron chi connectivity index (χ4n) is 1.57. The monoisotopic (exact) mass is 303 g/mol. The van der Waals surface area contributed by atoms with Gasteiger partial charge in [0.25, 0.3) is 0 Å². The molecule has 0 saturated heterocycles. The van der Waals surface area contributed by atoms with Gasteiger partial charge in [0.1, 0.15) is 5.75 Å². The van der Waals surface area contributed by atoms with Gasteiger partial charge in [0, 0.05) is 17.5 Å². The molecule has 1 N–H and O–H groups in total. The number of rotatable bonds is 5. The van der Waals surface area contributed by atoms with Gasteiger partial charge in [0.2, 0.25) is 0 Å². The van der Waals surface area contributed by atoms with Gasteiger partial charge in [-0.1, -0.05) is 13.8 Å². The van der Waals surface area contributed by atoms with Crippen LogP contribution in [-0.4, -0.2) is 18.7 Å². The molecule has 21 heavy (non-hydrogen) atoms. The molecule has 0 heterocycles. The second kappa shape index (κ2) is 6.26. The van der Waals surface area contributed by atoms with Gasteiger partial charge in [0.15, 0.2) is 0 Å². The number of nitrogens with one attached hydrogen (secondary N) is 1. The number of alkyl halides is 3. The average Bonchev–Trinajstić information content (AvgIpc) is 2.33. The van der Waals surface area contributed by atoms with Gasteiger partial charge < -0.3 is 10.1 Å². The molecule has 0 aliphatic carbocycles. The normalized spacial score (nSPS) is 13.3. The van der Waals surface area contributed by atoms with Crippen LogP contribution in [0.3, 0.4) is 0 Å². The molecule has 0 bridgehead atoms. The molecule has 0 amide bonds. The Morgan fingerprint density at radius 1 is 0.952 bits per heavy atom. The van der Waals surface area contributed by atoms with Crippen molar-refractivity contribution in [1.29, 1.82) is 0 Å². The Hall–Kier alpha value is -1.23. The second-order valence-corrected chi connectivity index (χ2v) is 7.08. The number of hydrogen-bond acceptors (Lipinski definition) is 2. The summed E-state index contributed by atoms with van der Waals surface area (Å²) in [4.78, 5) is 0. The van der Waals surface area contributed by atoms with Crippen molar-refractivity contribution in [2.24, 2.45) is 5.41 Å². The van der Waals surface area contributed by atoms with Gasteiger partial charge in [-0.05, 0) is 45.0 Å². The summed E-state index contributed by atoms with van der Waals surface area (Å²) in [6.07, 6.45) is -4.31. The zero-order valence-corrected chi connectivity index (χ0v) is 13.3. The molecule has 5 heteroatoms. The minimum absolute atomic E-state index is 0.0195. The summed E-state index contributed by atoms with van der Waals surface area (Å²) in [6.45, 7) is 11.5. The highest BCUT2D eigenvalue weighted by molar-refractivity contribution is 5.28. The summed E-state index contributed by atoms with van der Waals surface area (Å²) >= 11 is 0. The van der Waals surface area contributed by atoms with Crippen molar-refractivity contribution in [2.75, 3.05) is 13.2 Å². The van der Waals surface area contributed by atoms with E-state index in [2.05, 4.69) is 39.9 Å². The minimum atomic E-state index is -4.31. The van der Waals surface area contributed by atoms with Crippen molar-refractivity contribution >= 4 is 0 Å². The molecule has 2 nitrogen and oxygen atoms in total. The van der Waals surface area contributed by atoms with Gasteiger partial charge >= 0.3 is 6.18 Å². The van der Waals surface area contributed by atoms with Crippen LogP contribution in [-0.2, 0) is 6.18 Å². The first kappa shape index (κ1) is 17.8. The van der Waals surface area contributed by atoms with Crippen molar-refractivity contribution in [3.8, 4) is 5.75 Å². The van der Waals surface area contributed by atoms with E-state index in [0.717, 1.165) is 18.7 Å². The molecule has 0 spiro atoms. The van der Waals surface area contributed by atoms with E-state index < -0.39 is 11.7 Å². The zero-order valence-electron chi connectivity index (χ0n) is 13.3. The number of benzene rings is 1. The smallest absolute Gasteiger partial charge is 0.416 e. The maximum atomic E-state index is 12.5. The molecule has 120 valence electrons. The third-order valence-electron chi connectivity index (χ3n) is 2.91. The van der Waals surface area contributed by atoms with Crippen LogP contribution < -0.4 is 10.1 Å². The second-order valence-electron chi connectivity index (χ2n) is 7.08. The van der Waals surface area contributed by atoms with Crippen LogP contribution in [0, 0.1) is 5.41 Å². The highest BCUT2D eigenvalue weighted by Gasteiger charge is 2.30. The zero-order chi connectivity index (χ0) is 16.3. The Kier molecular flexibility index (Phi) is 5.31. The molecule has 1 rings (SSSR count). The van der Waals surface area contributed by atoms with Crippen LogP contribution in [0.5, 0.6) is 5.75 Å². The standard InChI is InChI=1S/C16H24F3NO/c1-14(2,3)20-10-15(4,5)11-21-13-8-6-12(7-9-13)16(17,18)19/h6-9,20H,10-11H2,1-5H3. The van der Waals surface area contributed by atoms with Crippen molar-refractivity contribution in [3.05, 3.63) is 29.8 Å².